The average Bonchev–Trinajstić information content (AvgIpc) is 3.18. The Bertz CT molecular complexity index is 858. The van der Waals surface area contributed by atoms with E-state index in [1.807, 2.05) is 20.8 Å². The van der Waals surface area contributed by atoms with Gasteiger partial charge < -0.3 is 19.9 Å². The van der Waals surface area contributed by atoms with E-state index >= 15 is 0 Å². The zero-order valence-corrected chi connectivity index (χ0v) is 15.9. The average molecular weight is 379 g/mol. The fourth-order valence-electron chi connectivity index (χ4n) is 4.56. The number of rotatable bonds is 3. The molecule has 2 bridgehead atoms. The first-order valence-electron chi connectivity index (χ1n) is 8.60. The number of amides is 1. The molecule has 4 rings (SSSR count). The second kappa shape index (κ2) is 5.07. The third-order valence-corrected chi connectivity index (χ3v) is 7.88. The summed E-state index contributed by atoms with van der Waals surface area (Å²) < 4.78 is 11.1. The number of esters is 1. The minimum Gasteiger partial charge on any atom is -0.478 e. The highest BCUT2D eigenvalue weighted by Gasteiger charge is 2.75. The third-order valence-electron chi connectivity index (χ3n) is 6.78. The molecule has 0 spiro atoms. The van der Waals surface area contributed by atoms with Crippen molar-refractivity contribution in [3.63, 3.8) is 0 Å². The van der Waals surface area contributed by atoms with Gasteiger partial charge in [-0.3, -0.25) is 9.59 Å². The van der Waals surface area contributed by atoms with Gasteiger partial charge in [0.25, 0.3) is 5.91 Å². The van der Waals surface area contributed by atoms with E-state index in [0.29, 0.717) is 25.0 Å². The Morgan fingerprint density at radius 3 is 2.50 bits per heavy atom. The van der Waals surface area contributed by atoms with Crippen molar-refractivity contribution in [3.8, 4) is 0 Å². The molecule has 3 atom stereocenters. The molecule has 140 valence electrons. The summed E-state index contributed by atoms with van der Waals surface area (Å²) in [7, 11) is 0. The number of aromatic carboxylic acids is 1. The fraction of sp³-hybridized carbons (Fsp3) is 0.611. The maximum absolute atomic E-state index is 13.2. The van der Waals surface area contributed by atoms with Crippen LogP contribution in [0.1, 0.15) is 67.4 Å². The summed E-state index contributed by atoms with van der Waals surface area (Å²) in [5, 5.41) is 12.7. The van der Waals surface area contributed by atoms with Crippen LogP contribution in [0, 0.1) is 10.8 Å². The van der Waals surface area contributed by atoms with Crippen LogP contribution < -0.4 is 5.32 Å². The summed E-state index contributed by atoms with van der Waals surface area (Å²) >= 11 is 1.21. The van der Waals surface area contributed by atoms with E-state index in [-0.39, 0.29) is 22.6 Å². The molecular weight excluding hydrogens is 358 g/mol. The summed E-state index contributed by atoms with van der Waals surface area (Å²) in [4.78, 5) is 38.1. The van der Waals surface area contributed by atoms with Crippen molar-refractivity contribution in [2.24, 2.45) is 10.8 Å². The van der Waals surface area contributed by atoms with E-state index in [1.165, 1.54) is 11.3 Å². The van der Waals surface area contributed by atoms with Gasteiger partial charge in [-0.1, -0.05) is 13.8 Å². The van der Waals surface area contributed by atoms with E-state index in [4.69, 9.17) is 9.47 Å². The van der Waals surface area contributed by atoms with E-state index < -0.39 is 28.3 Å². The SMILES string of the molecule is CC1OCc2sc(NC(=O)[C@@]34CC[C@@](C)(C(=O)O3)C4(C)C)c(C(=O)O)c21. The summed E-state index contributed by atoms with van der Waals surface area (Å²) in [5.41, 5.74) is -1.97. The quantitative estimate of drug-likeness (QED) is 0.783. The fourth-order valence-corrected chi connectivity index (χ4v) is 5.76. The van der Waals surface area contributed by atoms with Crippen LogP contribution in [-0.4, -0.2) is 28.6 Å². The number of hydrogen-bond acceptors (Lipinski definition) is 6. The number of carboxylic acid groups (broad SMARTS) is 1. The van der Waals surface area contributed by atoms with Crippen LogP contribution in [0.15, 0.2) is 0 Å². The van der Waals surface area contributed by atoms with Crippen molar-refractivity contribution in [3.05, 3.63) is 16.0 Å². The molecule has 2 N–H and O–H groups in total. The van der Waals surface area contributed by atoms with Gasteiger partial charge in [0.15, 0.2) is 5.60 Å². The topological polar surface area (TPSA) is 102 Å². The maximum atomic E-state index is 13.2. The number of carbonyl (C=O) groups excluding carboxylic acids is 2. The molecule has 1 saturated carbocycles. The monoisotopic (exact) mass is 379 g/mol. The molecule has 1 unspecified atom stereocenters. The smallest absolute Gasteiger partial charge is 0.339 e. The number of ether oxygens (including phenoxy) is 2. The van der Waals surface area contributed by atoms with E-state index in [0.717, 1.165) is 4.88 Å². The van der Waals surface area contributed by atoms with Crippen molar-refractivity contribution in [1.29, 1.82) is 0 Å². The summed E-state index contributed by atoms with van der Waals surface area (Å²) in [6.07, 6.45) is 0.678. The van der Waals surface area contributed by atoms with Crippen molar-refractivity contribution in [2.75, 3.05) is 5.32 Å². The normalized spacial score (nSPS) is 33.8. The van der Waals surface area contributed by atoms with Crippen LogP contribution in [0.2, 0.25) is 0 Å². The first-order valence-corrected chi connectivity index (χ1v) is 9.42. The lowest BCUT2D eigenvalue weighted by molar-refractivity contribution is -0.165. The predicted molar refractivity (Wildman–Crippen MR) is 93.1 cm³/mol. The zero-order valence-electron chi connectivity index (χ0n) is 15.1. The van der Waals surface area contributed by atoms with E-state index in [9.17, 15) is 19.5 Å². The van der Waals surface area contributed by atoms with Crippen molar-refractivity contribution < 1.29 is 29.0 Å². The van der Waals surface area contributed by atoms with Crippen molar-refractivity contribution >= 4 is 34.2 Å². The van der Waals surface area contributed by atoms with Gasteiger partial charge in [-0.05, 0) is 26.7 Å². The second-order valence-corrected chi connectivity index (χ2v) is 9.13. The molecule has 3 heterocycles. The number of anilines is 1. The van der Waals surface area contributed by atoms with Gasteiger partial charge in [-0.25, -0.2) is 4.79 Å². The largest absolute Gasteiger partial charge is 0.478 e. The van der Waals surface area contributed by atoms with Crippen LogP contribution in [0.5, 0.6) is 0 Å². The highest BCUT2D eigenvalue weighted by Crippen LogP contribution is 2.65. The number of thiophene rings is 1. The van der Waals surface area contributed by atoms with Crippen molar-refractivity contribution in [2.45, 2.75) is 58.8 Å². The molecule has 7 nitrogen and oxygen atoms in total. The molecule has 3 aliphatic rings. The molecule has 26 heavy (non-hydrogen) atoms. The molecule has 2 aliphatic heterocycles. The molecule has 1 saturated heterocycles. The van der Waals surface area contributed by atoms with Gasteiger partial charge in [0.2, 0.25) is 0 Å². The first-order chi connectivity index (χ1) is 12.0. The molecule has 1 aromatic rings. The number of nitrogens with one attached hydrogen (secondary N) is 1. The highest BCUT2D eigenvalue weighted by molar-refractivity contribution is 7.17. The van der Waals surface area contributed by atoms with Crippen LogP contribution in [0.4, 0.5) is 5.00 Å². The van der Waals surface area contributed by atoms with Gasteiger partial charge >= 0.3 is 11.9 Å². The summed E-state index contributed by atoms with van der Waals surface area (Å²) in [6.45, 7) is 7.69. The Hall–Kier alpha value is -1.93. The molecule has 2 fully saturated rings. The predicted octanol–water partition coefficient (Wildman–Crippen LogP) is 3.10. The van der Waals surface area contributed by atoms with E-state index in [1.54, 1.807) is 6.92 Å². The number of carboxylic acids is 1. The van der Waals surface area contributed by atoms with Gasteiger partial charge in [0.1, 0.15) is 10.6 Å². The lowest BCUT2D eigenvalue weighted by Gasteiger charge is -2.35. The molecular formula is C18H21NO6S. The summed E-state index contributed by atoms with van der Waals surface area (Å²) in [5.74, 6) is -1.92. The minimum atomic E-state index is -1.27. The molecule has 0 aromatic carbocycles. The summed E-state index contributed by atoms with van der Waals surface area (Å²) in [6, 6.07) is 0. The molecule has 1 amide bonds. The minimum absolute atomic E-state index is 0.0719. The third kappa shape index (κ3) is 1.84. The van der Waals surface area contributed by atoms with E-state index in [2.05, 4.69) is 5.32 Å². The number of hydrogen-bond donors (Lipinski definition) is 2. The van der Waals surface area contributed by atoms with Crippen LogP contribution in [-0.2, 0) is 25.7 Å². The first kappa shape index (κ1) is 17.5. The van der Waals surface area contributed by atoms with Gasteiger partial charge in [0.05, 0.1) is 18.1 Å². The Kier molecular flexibility index (Phi) is 3.41. The lowest BCUT2D eigenvalue weighted by Crippen LogP contribution is -2.50. The Labute approximate surface area is 154 Å². The zero-order chi connectivity index (χ0) is 19.1. The maximum Gasteiger partial charge on any atom is 0.339 e. The van der Waals surface area contributed by atoms with Crippen molar-refractivity contribution in [1.82, 2.24) is 0 Å². The van der Waals surface area contributed by atoms with Gasteiger partial charge in [-0.15, -0.1) is 11.3 Å². The molecule has 1 aliphatic carbocycles. The second-order valence-electron chi connectivity index (χ2n) is 8.03. The Morgan fingerprint density at radius 1 is 1.27 bits per heavy atom. The van der Waals surface area contributed by atoms with Crippen LogP contribution in [0.25, 0.3) is 0 Å². The van der Waals surface area contributed by atoms with Crippen LogP contribution >= 0.6 is 11.3 Å². The Morgan fingerprint density at radius 2 is 1.96 bits per heavy atom. The lowest BCUT2D eigenvalue weighted by atomic mass is 9.66. The molecule has 8 heteroatoms. The number of fused-ring (bicyclic) bond motifs is 3. The van der Waals surface area contributed by atoms with Gasteiger partial charge in [0, 0.05) is 15.9 Å². The molecule has 0 radical (unpaired) electrons. The van der Waals surface area contributed by atoms with Crippen LogP contribution in [0.3, 0.4) is 0 Å². The van der Waals surface area contributed by atoms with Gasteiger partial charge in [-0.2, -0.15) is 0 Å². The number of carbonyl (C=O) groups is 3. The standard InChI is InChI=1S/C18H21NO6S/c1-8-10-9(7-24-8)26-12(11(10)13(20)21)19-14(22)18-6-5-17(4,15(23)25-18)16(18,2)3/h8H,5-7H2,1-4H3,(H,19,22)(H,20,21)/t8?,17-,18+/m0/s1. The Balaban J connectivity index is 1.72. The molecule has 1 aromatic heterocycles. The highest BCUT2D eigenvalue weighted by atomic mass is 32.1.